The fourth-order valence-corrected chi connectivity index (χ4v) is 2.35. The molecule has 0 unspecified atom stereocenters. The summed E-state index contributed by atoms with van der Waals surface area (Å²) in [6.45, 7) is 2.58. The van der Waals surface area contributed by atoms with Crippen LogP contribution in [0.3, 0.4) is 0 Å². The number of rotatable bonds is 7. The van der Waals surface area contributed by atoms with Gasteiger partial charge in [0.15, 0.2) is 0 Å². The minimum Gasteiger partial charge on any atom is -0.494 e. The molecule has 0 atom stereocenters. The van der Waals surface area contributed by atoms with Gasteiger partial charge in [0.2, 0.25) is 0 Å². The van der Waals surface area contributed by atoms with Crippen LogP contribution in [0.5, 0.6) is 5.75 Å². The number of benzene rings is 1. The van der Waals surface area contributed by atoms with Crippen LogP contribution in [0.1, 0.15) is 18.9 Å². The highest BCUT2D eigenvalue weighted by Crippen LogP contribution is 2.26. The van der Waals surface area contributed by atoms with Crippen LogP contribution in [0, 0.1) is 0 Å². The number of nitrogen functional groups attached to an aromatic ring is 1. The number of carbonyl (C=O) groups is 1. The molecule has 1 rings (SSSR count). The molecule has 5 heteroatoms. The van der Waals surface area contributed by atoms with E-state index in [0.717, 1.165) is 28.5 Å². The van der Waals surface area contributed by atoms with Gasteiger partial charge >= 0.3 is 5.97 Å². The van der Waals surface area contributed by atoms with E-state index in [9.17, 15) is 4.79 Å². The number of thioether (sulfide) groups is 1. The molecule has 0 aliphatic rings. The Morgan fingerprint density at radius 1 is 1.44 bits per heavy atom. The third-order valence-corrected chi connectivity index (χ3v) is 3.33. The first-order valence-electron chi connectivity index (χ1n) is 5.83. The Kier molecular flexibility index (Phi) is 6.43. The largest absolute Gasteiger partial charge is 0.494 e. The lowest BCUT2D eigenvalue weighted by Gasteiger charge is -2.10. The number of anilines is 1. The molecular formula is C13H19NO3S. The van der Waals surface area contributed by atoms with Crippen molar-refractivity contribution in [1.29, 1.82) is 0 Å². The van der Waals surface area contributed by atoms with E-state index in [1.54, 1.807) is 11.8 Å². The minimum atomic E-state index is -0.180. The molecule has 0 amide bonds. The van der Waals surface area contributed by atoms with Gasteiger partial charge in [0.1, 0.15) is 5.75 Å². The Balaban J connectivity index is 2.49. The molecule has 0 radical (unpaired) electrons. The lowest BCUT2D eigenvalue weighted by molar-refractivity contribution is -0.140. The molecule has 0 bridgehead atoms. The Bertz CT molecular complexity index is 396. The van der Waals surface area contributed by atoms with Gasteiger partial charge in [-0.3, -0.25) is 4.79 Å². The summed E-state index contributed by atoms with van der Waals surface area (Å²) in [4.78, 5) is 11.0. The van der Waals surface area contributed by atoms with Crippen molar-refractivity contribution in [1.82, 2.24) is 0 Å². The Labute approximate surface area is 112 Å². The average Bonchev–Trinajstić information content (AvgIpc) is 2.37. The lowest BCUT2D eigenvalue weighted by Crippen LogP contribution is -2.02. The number of nitrogens with two attached hydrogens (primary N) is 1. The first-order valence-corrected chi connectivity index (χ1v) is 6.98. The SMILES string of the molecule is CCOc1ccc(N)cc1CSCCC(=O)OC. The maximum Gasteiger partial charge on any atom is 0.306 e. The molecule has 0 saturated heterocycles. The second-order valence-corrected chi connectivity index (χ2v) is 4.78. The average molecular weight is 269 g/mol. The molecular weight excluding hydrogens is 250 g/mol. The van der Waals surface area contributed by atoms with E-state index in [1.165, 1.54) is 7.11 Å². The quantitative estimate of drug-likeness (QED) is 0.468. The highest BCUT2D eigenvalue weighted by Gasteiger charge is 2.05. The number of carbonyl (C=O) groups excluding carboxylic acids is 1. The second-order valence-electron chi connectivity index (χ2n) is 3.68. The third kappa shape index (κ3) is 4.87. The summed E-state index contributed by atoms with van der Waals surface area (Å²) < 4.78 is 10.1. The lowest BCUT2D eigenvalue weighted by atomic mass is 10.2. The summed E-state index contributed by atoms with van der Waals surface area (Å²) in [6, 6.07) is 5.62. The van der Waals surface area contributed by atoms with Crippen LogP contribution in [0.15, 0.2) is 18.2 Å². The van der Waals surface area contributed by atoms with Crippen molar-refractivity contribution in [2.75, 3.05) is 25.2 Å². The molecule has 0 aromatic heterocycles. The van der Waals surface area contributed by atoms with E-state index >= 15 is 0 Å². The van der Waals surface area contributed by atoms with Gasteiger partial charge < -0.3 is 15.2 Å². The molecule has 100 valence electrons. The molecule has 0 heterocycles. The minimum absolute atomic E-state index is 0.180. The summed E-state index contributed by atoms with van der Waals surface area (Å²) in [5.41, 5.74) is 7.54. The van der Waals surface area contributed by atoms with Crippen LogP contribution < -0.4 is 10.5 Å². The van der Waals surface area contributed by atoms with Crippen molar-refractivity contribution in [2.45, 2.75) is 19.1 Å². The molecule has 0 spiro atoms. The van der Waals surface area contributed by atoms with Crippen LogP contribution >= 0.6 is 11.8 Å². The second kappa shape index (κ2) is 7.87. The fraction of sp³-hybridized carbons (Fsp3) is 0.462. The van der Waals surface area contributed by atoms with Crippen molar-refractivity contribution in [3.05, 3.63) is 23.8 Å². The van der Waals surface area contributed by atoms with Crippen molar-refractivity contribution >= 4 is 23.4 Å². The molecule has 18 heavy (non-hydrogen) atoms. The zero-order valence-corrected chi connectivity index (χ0v) is 11.6. The van der Waals surface area contributed by atoms with E-state index < -0.39 is 0 Å². The molecule has 0 aliphatic carbocycles. The number of hydrogen-bond acceptors (Lipinski definition) is 5. The molecule has 2 N–H and O–H groups in total. The summed E-state index contributed by atoms with van der Waals surface area (Å²) in [7, 11) is 1.40. The van der Waals surface area contributed by atoms with Gasteiger partial charge in [-0.1, -0.05) is 0 Å². The van der Waals surface area contributed by atoms with Gasteiger partial charge in [-0.15, -0.1) is 0 Å². The summed E-state index contributed by atoms with van der Waals surface area (Å²) in [5, 5.41) is 0. The van der Waals surface area contributed by atoms with E-state index in [0.29, 0.717) is 13.0 Å². The molecule has 0 fully saturated rings. The molecule has 0 aliphatic heterocycles. The van der Waals surface area contributed by atoms with Crippen molar-refractivity contribution < 1.29 is 14.3 Å². The maximum atomic E-state index is 11.0. The van der Waals surface area contributed by atoms with Gasteiger partial charge in [0, 0.05) is 22.8 Å². The topological polar surface area (TPSA) is 61.5 Å². The van der Waals surface area contributed by atoms with Gasteiger partial charge in [-0.05, 0) is 25.1 Å². The maximum absolute atomic E-state index is 11.0. The molecule has 1 aromatic rings. The zero-order valence-electron chi connectivity index (χ0n) is 10.8. The fourth-order valence-electron chi connectivity index (χ4n) is 1.45. The standard InChI is InChI=1S/C13H19NO3S/c1-3-17-12-5-4-11(14)8-10(12)9-18-7-6-13(15)16-2/h4-5,8H,3,6-7,9,14H2,1-2H3. The number of hydrogen-bond donors (Lipinski definition) is 1. The normalized spacial score (nSPS) is 10.1. The van der Waals surface area contributed by atoms with Crippen molar-refractivity contribution in [3.63, 3.8) is 0 Å². The Morgan fingerprint density at radius 2 is 2.22 bits per heavy atom. The van der Waals surface area contributed by atoms with E-state index in [4.69, 9.17) is 10.5 Å². The third-order valence-electron chi connectivity index (χ3n) is 2.32. The monoisotopic (exact) mass is 269 g/mol. The highest BCUT2D eigenvalue weighted by atomic mass is 32.2. The number of esters is 1. The van der Waals surface area contributed by atoms with Crippen LogP contribution in [0.25, 0.3) is 0 Å². The van der Waals surface area contributed by atoms with Crippen LogP contribution in [0.2, 0.25) is 0 Å². The van der Waals surface area contributed by atoms with Gasteiger partial charge in [-0.2, -0.15) is 11.8 Å². The predicted octanol–water partition coefficient (Wildman–Crippen LogP) is 2.46. The van der Waals surface area contributed by atoms with Gasteiger partial charge in [0.25, 0.3) is 0 Å². The van der Waals surface area contributed by atoms with E-state index in [2.05, 4.69) is 4.74 Å². The first-order chi connectivity index (χ1) is 8.67. The van der Waals surface area contributed by atoms with Crippen molar-refractivity contribution in [3.8, 4) is 5.75 Å². The molecule has 4 nitrogen and oxygen atoms in total. The van der Waals surface area contributed by atoms with Gasteiger partial charge in [-0.25, -0.2) is 0 Å². The predicted molar refractivity (Wildman–Crippen MR) is 74.8 cm³/mol. The summed E-state index contributed by atoms with van der Waals surface area (Å²) in [5.74, 6) is 2.18. The Hall–Kier alpha value is -1.36. The summed E-state index contributed by atoms with van der Waals surface area (Å²) in [6.07, 6.45) is 0.424. The van der Waals surface area contributed by atoms with Crippen LogP contribution in [-0.4, -0.2) is 25.4 Å². The van der Waals surface area contributed by atoms with Crippen molar-refractivity contribution in [2.24, 2.45) is 0 Å². The molecule has 1 aromatic carbocycles. The molecule has 0 saturated carbocycles. The summed E-state index contributed by atoms with van der Waals surface area (Å²) >= 11 is 1.66. The van der Waals surface area contributed by atoms with E-state index in [1.807, 2.05) is 25.1 Å². The van der Waals surface area contributed by atoms with Crippen LogP contribution in [0.4, 0.5) is 5.69 Å². The Morgan fingerprint density at radius 3 is 2.89 bits per heavy atom. The van der Waals surface area contributed by atoms with Crippen LogP contribution in [-0.2, 0) is 15.3 Å². The number of methoxy groups -OCH3 is 1. The first kappa shape index (κ1) is 14.7. The van der Waals surface area contributed by atoms with E-state index in [-0.39, 0.29) is 5.97 Å². The smallest absolute Gasteiger partial charge is 0.306 e. The highest BCUT2D eigenvalue weighted by molar-refractivity contribution is 7.98. The van der Waals surface area contributed by atoms with Gasteiger partial charge in [0.05, 0.1) is 20.1 Å². The number of ether oxygens (including phenoxy) is 2. The zero-order chi connectivity index (χ0) is 13.4.